The number of fused-ring (bicyclic) bond motifs is 6. The van der Waals surface area contributed by atoms with Gasteiger partial charge in [-0.25, -0.2) is 0 Å². The molecule has 1 aromatic carbocycles. The normalized spacial score (nSPS) is 30.5. The molecule has 35 heavy (non-hydrogen) atoms. The highest BCUT2D eigenvalue weighted by molar-refractivity contribution is 6.25. The lowest BCUT2D eigenvalue weighted by Crippen LogP contribution is -2.71. The third-order valence-corrected chi connectivity index (χ3v) is 8.29. The highest BCUT2D eigenvalue weighted by Crippen LogP contribution is 2.53. The van der Waals surface area contributed by atoms with Gasteiger partial charge in [0.05, 0.1) is 32.4 Å². The van der Waals surface area contributed by atoms with Gasteiger partial charge in [-0.05, 0) is 44.9 Å². The predicted octanol–water partition coefficient (Wildman–Crippen LogP) is 1.28. The Balaban J connectivity index is 1.74. The van der Waals surface area contributed by atoms with E-state index in [-0.39, 0.29) is 59.7 Å². The molecular weight excluding hydrogens is 448 g/mol. The summed E-state index contributed by atoms with van der Waals surface area (Å²) in [5.74, 6) is -0.0230. The maximum Gasteiger partial charge on any atom is 0.225 e. The zero-order valence-corrected chi connectivity index (χ0v) is 20.6. The van der Waals surface area contributed by atoms with Gasteiger partial charge in [-0.2, -0.15) is 5.26 Å². The molecule has 184 valence electrons. The van der Waals surface area contributed by atoms with Crippen LogP contribution in [0.5, 0.6) is 11.5 Å². The standard InChI is InChI=1S/C26H30N4O5/c1-11-6-13-7-15-17(9-27)30-16(21(29(15)3)19(13)23(32)25(11)34-4)8-14-20(18(30)10-28)24(33)26(35-5)12(2)22(14)31/h6,15-18,21,32H,7-8,10,28H2,1-5H3/t15?,16?,17-,18?,21?/m0/s1. The molecule has 5 atom stereocenters. The summed E-state index contributed by atoms with van der Waals surface area (Å²) >= 11 is 0. The molecular formula is C26H30N4O5. The van der Waals surface area contributed by atoms with E-state index in [9.17, 15) is 20.0 Å². The summed E-state index contributed by atoms with van der Waals surface area (Å²) in [4.78, 5) is 31.0. The van der Waals surface area contributed by atoms with E-state index in [1.807, 2.05) is 24.9 Å². The van der Waals surface area contributed by atoms with Crippen LogP contribution in [-0.4, -0.2) is 78.5 Å². The SMILES string of the molecule is COC1=C(C)C(=O)C2=C(C1=O)C(CN)N1C(C2)C2c3c(cc(C)c(OC)c3O)CC([C@@H]1C#N)N2C. The first-order valence-electron chi connectivity index (χ1n) is 11.8. The second kappa shape index (κ2) is 8.19. The summed E-state index contributed by atoms with van der Waals surface area (Å²) in [5, 5.41) is 21.6. The first-order chi connectivity index (χ1) is 16.7. The van der Waals surface area contributed by atoms with E-state index in [0.29, 0.717) is 23.3 Å². The Morgan fingerprint density at radius 1 is 1.17 bits per heavy atom. The van der Waals surface area contributed by atoms with Crippen molar-refractivity contribution < 1.29 is 24.2 Å². The van der Waals surface area contributed by atoms with Crippen LogP contribution in [0.4, 0.5) is 0 Å². The number of benzene rings is 1. The third kappa shape index (κ3) is 2.97. The van der Waals surface area contributed by atoms with Crippen LogP contribution in [0.3, 0.4) is 0 Å². The number of piperazine rings is 1. The van der Waals surface area contributed by atoms with Gasteiger partial charge < -0.3 is 20.3 Å². The van der Waals surface area contributed by atoms with Gasteiger partial charge in [0.15, 0.2) is 23.0 Å². The number of nitrogens with zero attached hydrogens (tertiary/aromatic N) is 3. The van der Waals surface area contributed by atoms with E-state index < -0.39 is 12.1 Å². The van der Waals surface area contributed by atoms with Gasteiger partial charge in [-0.1, -0.05) is 6.07 Å². The number of aryl methyl sites for hydroxylation is 1. The Bertz CT molecular complexity index is 1260. The number of nitrogens with two attached hydrogens (primary N) is 1. The molecule has 0 spiro atoms. The lowest BCUT2D eigenvalue weighted by molar-refractivity contribution is -0.122. The Morgan fingerprint density at radius 3 is 2.49 bits per heavy atom. The second-order valence-electron chi connectivity index (χ2n) is 9.78. The van der Waals surface area contributed by atoms with E-state index in [4.69, 9.17) is 15.2 Å². The molecule has 3 heterocycles. The van der Waals surface area contributed by atoms with Crippen LogP contribution < -0.4 is 10.5 Å². The van der Waals surface area contributed by atoms with Crippen LogP contribution >= 0.6 is 0 Å². The van der Waals surface area contributed by atoms with Crippen molar-refractivity contribution in [3.05, 3.63) is 45.2 Å². The van der Waals surface area contributed by atoms with Crippen LogP contribution in [-0.2, 0) is 20.7 Å². The number of aromatic hydroxyl groups is 1. The van der Waals surface area contributed by atoms with Crippen molar-refractivity contribution >= 4 is 11.6 Å². The van der Waals surface area contributed by atoms with E-state index in [2.05, 4.69) is 11.0 Å². The smallest absolute Gasteiger partial charge is 0.225 e. The lowest BCUT2D eigenvalue weighted by atomic mass is 9.69. The fraction of sp³-hybridized carbons (Fsp3) is 0.500. The Hall–Kier alpha value is -3.19. The van der Waals surface area contributed by atoms with E-state index in [1.165, 1.54) is 14.2 Å². The Labute approximate surface area is 204 Å². The molecule has 0 saturated carbocycles. The summed E-state index contributed by atoms with van der Waals surface area (Å²) in [6.45, 7) is 3.56. The van der Waals surface area contributed by atoms with Gasteiger partial charge in [0, 0.05) is 40.9 Å². The van der Waals surface area contributed by atoms with Crippen LogP contribution in [0.25, 0.3) is 0 Å². The minimum atomic E-state index is -0.613. The Kier molecular flexibility index (Phi) is 5.51. The van der Waals surface area contributed by atoms with Gasteiger partial charge in [-0.15, -0.1) is 0 Å². The summed E-state index contributed by atoms with van der Waals surface area (Å²) in [6.07, 6.45) is 0.820. The topological polar surface area (TPSA) is 129 Å². The summed E-state index contributed by atoms with van der Waals surface area (Å²) in [5.41, 5.74) is 9.84. The van der Waals surface area contributed by atoms with Crippen molar-refractivity contribution in [1.29, 1.82) is 5.26 Å². The molecule has 1 aromatic rings. The first-order valence-corrected chi connectivity index (χ1v) is 11.8. The van der Waals surface area contributed by atoms with Crippen LogP contribution in [0, 0.1) is 18.3 Å². The van der Waals surface area contributed by atoms with E-state index in [1.54, 1.807) is 6.92 Å². The number of ketones is 2. The molecule has 4 aliphatic rings. The van der Waals surface area contributed by atoms with Gasteiger partial charge in [0.1, 0.15) is 6.04 Å². The maximum atomic E-state index is 13.4. The number of hydrogen-bond donors (Lipinski definition) is 2. The van der Waals surface area contributed by atoms with E-state index >= 15 is 0 Å². The highest BCUT2D eigenvalue weighted by atomic mass is 16.5. The zero-order chi connectivity index (χ0) is 25.3. The number of Topliss-reactive ketones (excluding diaryl/α,β-unsaturated/α-hetero) is 2. The largest absolute Gasteiger partial charge is 0.504 e. The summed E-state index contributed by atoms with van der Waals surface area (Å²) in [7, 11) is 4.86. The number of hydrogen-bond acceptors (Lipinski definition) is 9. The molecule has 9 nitrogen and oxygen atoms in total. The number of carbonyl (C=O) groups is 2. The fourth-order valence-corrected chi connectivity index (χ4v) is 6.84. The molecule has 0 amide bonds. The number of ether oxygens (including phenoxy) is 2. The molecule has 1 aliphatic carbocycles. The highest BCUT2D eigenvalue weighted by Gasteiger charge is 2.57. The first kappa shape index (κ1) is 23.5. The van der Waals surface area contributed by atoms with Gasteiger partial charge >= 0.3 is 0 Å². The average Bonchev–Trinajstić information content (AvgIpc) is 2.83. The maximum absolute atomic E-state index is 13.4. The van der Waals surface area contributed by atoms with Gasteiger partial charge in [0.2, 0.25) is 5.78 Å². The molecule has 3 aliphatic heterocycles. The third-order valence-electron chi connectivity index (χ3n) is 8.29. The number of allylic oxidation sites excluding steroid dienone is 2. The molecule has 0 aromatic heterocycles. The number of nitriles is 1. The molecule has 3 N–H and O–H groups in total. The fourth-order valence-electron chi connectivity index (χ4n) is 6.84. The van der Waals surface area contributed by atoms with Crippen LogP contribution in [0.2, 0.25) is 0 Å². The van der Waals surface area contributed by atoms with Crippen molar-refractivity contribution in [1.82, 2.24) is 9.80 Å². The molecule has 2 bridgehead atoms. The lowest BCUT2D eigenvalue weighted by Gasteiger charge is -2.60. The number of phenols is 1. The molecule has 1 fully saturated rings. The number of likely N-dealkylation sites (N-methyl/N-ethyl adjacent to an activating group) is 1. The van der Waals surface area contributed by atoms with Crippen molar-refractivity contribution in [2.45, 2.75) is 56.9 Å². The van der Waals surface area contributed by atoms with Gasteiger partial charge in [0.25, 0.3) is 0 Å². The van der Waals surface area contributed by atoms with Crippen molar-refractivity contribution in [3.63, 3.8) is 0 Å². The molecule has 9 heteroatoms. The number of phenolic OH excluding ortho intramolecular Hbond substituents is 1. The number of carbonyl (C=O) groups excluding carboxylic acids is 2. The average molecular weight is 479 g/mol. The number of rotatable bonds is 3. The monoisotopic (exact) mass is 478 g/mol. The minimum Gasteiger partial charge on any atom is -0.504 e. The Morgan fingerprint density at radius 2 is 1.89 bits per heavy atom. The summed E-state index contributed by atoms with van der Waals surface area (Å²) < 4.78 is 10.8. The summed E-state index contributed by atoms with van der Waals surface area (Å²) in [6, 6.07) is 2.48. The van der Waals surface area contributed by atoms with Gasteiger partial charge in [-0.3, -0.25) is 19.4 Å². The molecule has 4 unspecified atom stereocenters. The van der Waals surface area contributed by atoms with Crippen molar-refractivity contribution in [2.24, 2.45) is 5.73 Å². The molecule has 5 rings (SSSR count). The minimum absolute atomic E-state index is 0.0386. The van der Waals surface area contributed by atoms with Crippen molar-refractivity contribution in [2.75, 3.05) is 27.8 Å². The number of methoxy groups -OCH3 is 2. The zero-order valence-electron chi connectivity index (χ0n) is 20.6. The molecule has 1 saturated heterocycles. The van der Waals surface area contributed by atoms with E-state index in [0.717, 1.165) is 16.7 Å². The second-order valence-corrected chi connectivity index (χ2v) is 9.78. The molecule has 0 radical (unpaired) electrons. The quantitative estimate of drug-likeness (QED) is 0.617. The van der Waals surface area contributed by atoms with Crippen molar-refractivity contribution in [3.8, 4) is 17.6 Å². The van der Waals surface area contributed by atoms with Crippen LogP contribution in [0.1, 0.15) is 36.1 Å². The van der Waals surface area contributed by atoms with Crippen LogP contribution in [0.15, 0.2) is 28.5 Å². The predicted molar refractivity (Wildman–Crippen MR) is 127 cm³/mol.